The van der Waals surface area contributed by atoms with Crippen LogP contribution in [0.5, 0.6) is 0 Å². The van der Waals surface area contributed by atoms with E-state index in [1.54, 1.807) is 27.7 Å². The third-order valence-corrected chi connectivity index (χ3v) is 3.38. The number of ether oxygens (including phenoxy) is 1. The van der Waals surface area contributed by atoms with Crippen molar-refractivity contribution in [1.29, 1.82) is 0 Å². The fourth-order valence-electron chi connectivity index (χ4n) is 1.83. The molecule has 0 unspecified atom stereocenters. The molecule has 0 aliphatic rings. The van der Waals surface area contributed by atoms with Crippen LogP contribution in [-0.2, 0) is 19.1 Å². The molecule has 0 aromatic carbocycles. The Balaban J connectivity index is 4.44. The van der Waals surface area contributed by atoms with Crippen molar-refractivity contribution in [2.24, 2.45) is 11.7 Å². The number of nitrogens with one attached hydrogen (secondary N) is 3. The lowest BCUT2D eigenvalue weighted by Crippen LogP contribution is -2.54. The molecule has 0 aromatic heterocycles. The molecular weight excluding hydrogens is 328 g/mol. The van der Waals surface area contributed by atoms with Gasteiger partial charge in [-0.1, -0.05) is 20.3 Å². The number of carbonyl (C=O) groups is 4. The molecule has 0 aliphatic carbocycles. The topological polar surface area (TPSA) is 140 Å². The molecule has 0 radical (unpaired) electrons. The molecule has 0 saturated heterocycles. The predicted molar refractivity (Wildman–Crippen MR) is 92.4 cm³/mol. The lowest BCUT2D eigenvalue weighted by atomic mass is 9.98. The van der Waals surface area contributed by atoms with Gasteiger partial charge < -0.3 is 26.4 Å². The second-order valence-corrected chi connectivity index (χ2v) is 6.92. The fourth-order valence-corrected chi connectivity index (χ4v) is 1.83. The molecule has 0 aromatic rings. The Labute approximate surface area is 148 Å². The molecule has 0 bridgehead atoms. The molecule has 0 saturated carbocycles. The van der Waals surface area contributed by atoms with Crippen LogP contribution in [0.25, 0.3) is 0 Å². The van der Waals surface area contributed by atoms with Crippen molar-refractivity contribution in [1.82, 2.24) is 16.0 Å². The molecule has 0 heterocycles. The van der Waals surface area contributed by atoms with Crippen LogP contribution in [-0.4, -0.2) is 48.0 Å². The zero-order valence-corrected chi connectivity index (χ0v) is 15.8. The van der Waals surface area contributed by atoms with Crippen LogP contribution < -0.4 is 21.7 Å². The van der Waals surface area contributed by atoms with E-state index in [9.17, 15) is 19.2 Å². The van der Waals surface area contributed by atoms with Crippen LogP contribution in [0.3, 0.4) is 0 Å². The van der Waals surface area contributed by atoms with Gasteiger partial charge in [0.1, 0.15) is 24.2 Å². The van der Waals surface area contributed by atoms with Crippen molar-refractivity contribution >= 4 is 23.8 Å². The van der Waals surface area contributed by atoms with Gasteiger partial charge >= 0.3 is 6.09 Å². The van der Waals surface area contributed by atoms with E-state index in [0.29, 0.717) is 6.42 Å². The molecule has 0 spiro atoms. The summed E-state index contributed by atoms with van der Waals surface area (Å²) >= 11 is 0. The molecule has 9 nitrogen and oxygen atoms in total. The Morgan fingerprint density at radius 2 is 1.64 bits per heavy atom. The average Bonchev–Trinajstić information content (AvgIpc) is 2.47. The molecule has 0 aliphatic heterocycles. The number of primary amides is 1. The SMILES string of the molecule is CC[C@H](C)[C@H](NC(=O)[C@H](C)NC(=O)CNC(=O)OC(C)(C)C)C(N)=O. The van der Waals surface area contributed by atoms with E-state index < -0.39 is 41.5 Å². The zero-order chi connectivity index (χ0) is 19.8. The first-order chi connectivity index (χ1) is 11.4. The zero-order valence-electron chi connectivity index (χ0n) is 15.8. The van der Waals surface area contributed by atoms with E-state index in [2.05, 4.69) is 16.0 Å². The van der Waals surface area contributed by atoms with Gasteiger partial charge in [-0.3, -0.25) is 14.4 Å². The van der Waals surface area contributed by atoms with Gasteiger partial charge in [0.2, 0.25) is 17.7 Å². The molecule has 5 N–H and O–H groups in total. The van der Waals surface area contributed by atoms with Crippen LogP contribution in [0.15, 0.2) is 0 Å². The highest BCUT2D eigenvalue weighted by Crippen LogP contribution is 2.07. The summed E-state index contributed by atoms with van der Waals surface area (Å²) in [4.78, 5) is 46.8. The first-order valence-corrected chi connectivity index (χ1v) is 8.23. The van der Waals surface area contributed by atoms with Crippen molar-refractivity contribution in [2.45, 2.75) is 65.6 Å². The Kier molecular flexibility index (Phi) is 8.94. The summed E-state index contributed by atoms with van der Waals surface area (Å²) in [7, 11) is 0. The molecule has 0 rings (SSSR count). The predicted octanol–water partition coefficient (Wildman–Crippen LogP) is 0.0320. The molecule has 4 amide bonds. The smallest absolute Gasteiger partial charge is 0.408 e. The minimum atomic E-state index is -0.890. The maximum Gasteiger partial charge on any atom is 0.408 e. The van der Waals surface area contributed by atoms with Crippen LogP contribution in [0, 0.1) is 5.92 Å². The lowest BCUT2D eigenvalue weighted by molar-refractivity contribution is -0.131. The fraction of sp³-hybridized carbons (Fsp3) is 0.750. The second kappa shape index (κ2) is 9.85. The van der Waals surface area contributed by atoms with Gasteiger partial charge in [0, 0.05) is 0 Å². The van der Waals surface area contributed by atoms with Crippen molar-refractivity contribution in [3.05, 3.63) is 0 Å². The first kappa shape index (κ1) is 22.7. The third kappa shape index (κ3) is 9.53. The third-order valence-electron chi connectivity index (χ3n) is 3.38. The van der Waals surface area contributed by atoms with E-state index in [0.717, 1.165) is 0 Å². The summed E-state index contributed by atoms with van der Waals surface area (Å²) < 4.78 is 5.00. The molecular formula is C16H30N4O5. The van der Waals surface area contributed by atoms with Gasteiger partial charge in [0.05, 0.1) is 0 Å². The Morgan fingerprint density at radius 3 is 2.08 bits per heavy atom. The average molecular weight is 358 g/mol. The van der Waals surface area contributed by atoms with E-state index in [1.165, 1.54) is 6.92 Å². The maximum atomic E-state index is 12.1. The Hall–Kier alpha value is -2.32. The molecule has 3 atom stereocenters. The highest BCUT2D eigenvalue weighted by molar-refractivity contribution is 5.92. The number of amides is 4. The summed E-state index contributed by atoms with van der Waals surface area (Å²) in [5.74, 6) is -1.85. The van der Waals surface area contributed by atoms with Crippen molar-refractivity contribution in [3.63, 3.8) is 0 Å². The van der Waals surface area contributed by atoms with Gasteiger partial charge in [0.25, 0.3) is 0 Å². The van der Waals surface area contributed by atoms with Gasteiger partial charge in [-0.05, 0) is 33.6 Å². The number of nitrogens with two attached hydrogens (primary N) is 1. The standard InChI is InChI=1S/C16H30N4O5/c1-7-9(2)12(13(17)22)20-14(23)10(3)19-11(21)8-18-15(24)25-16(4,5)6/h9-10,12H,7-8H2,1-6H3,(H2,17,22)(H,18,24)(H,19,21)(H,20,23)/t9-,10-,12-/m0/s1. The molecule has 9 heteroatoms. The van der Waals surface area contributed by atoms with E-state index in [-0.39, 0.29) is 12.5 Å². The van der Waals surface area contributed by atoms with E-state index >= 15 is 0 Å². The largest absolute Gasteiger partial charge is 0.444 e. The van der Waals surface area contributed by atoms with Crippen LogP contribution in [0.1, 0.15) is 48.0 Å². The van der Waals surface area contributed by atoms with Gasteiger partial charge in [-0.15, -0.1) is 0 Å². The molecule has 144 valence electrons. The first-order valence-electron chi connectivity index (χ1n) is 8.23. The van der Waals surface area contributed by atoms with E-state index in [4.69, 9.17) is 10.5 Å². The highest BCUT2D eigenvalue weighted by Gasteiger charge is 2.26. The summed E-state index contributed by atoms with van der Waals surface area (Å²) in [6, 6.07) is -1.70. The quantitative estimate of drug-likeness (QED) is 0.485. The summed E-state index contributed by atoms with van der Waals surface area (Å²) in [6.45, 7) is 9.90. The summed E-state index contributed by atoms with van der Waals surface area (Å²) in [6.07, 6.45) is -0.0700. The van der Waals surface area contributed by atoms with Crippen LogP contribution in [0.2, 0.25) is 0 Å². The van der Waals surface area contributed by atoms with Crippen LogP contribution in [0.4, 0.5) is 4.79 Å². The number of hydrogen-bond acceptors (Lipinski definition) is 5. The Bertz CT molecular complexity index is 501. The number of carbonyl (C=O) groups excluding carboxylic acids is 4. The number of alkyl carbamates (subject to hydrolysis) is 1. The van der Waals surface area contributed by atoms with Gasteiger partial charge in [-0.25, -0.2) is 4.79 Å². The van der Waals surface area contributed by atoms with Crippen molar-refractivity contribution in [3.8, 4) is 0 Å². The van der Waals surface area contributed by atoms with Crippen molar-refractivity contribution in [2.75, 3.05) is 6.54 Å². The number of rotatable bonds is 8. The van der Waals surface area contributed by atoms with Gasteiger partial charge in [-0.2, -0.15) is 0 Å². The molecule has 25 heavy (non-hydrogen) atoms. The van der Waals surface area contributed by atoms with Gasteiger partial charge in [0.15, 0.2) is 0 Å². The Morgan fingerprint density at radius 1 is 1.08 bits per heavy atom. The summed E-state index contributed by atoms with van der Waals surface area (Å²) in [5, 5.41) is 7.24. The lowest BCUT2D eigenvalue weighted by Gasteiger charge is -2.23. The molecule has 0 fully saturated rings. The minimum Gasteiger partial charge on any atom is -0.444 e. The maximum absolute atomic E-state index is 12.1. The normalized spacial score (nSPS) is 14.6. The van der Waals surface area contributed by atoms with Crippen LogP contribution >= 0.6 is 0 Å². The monoisotopic (exact) mass is 358 g/mol. The second-order valence-electron chi connectivity index (χ2n) is 6.92. The van der Waals surface area contributed by atoms with E-state index in [1.807, 2.05) is 6.92 Å². The minimum absolute atomic E-state index is 0.127. The van der Waals surface area contributed by atoms with Crippen molar-refractivity contribution < 1.29 is 23.9 Å². The summed E-state index contributed by atoms with van der Waals surface area (Å²) in [5.41, 5.74) is 4.62. The highest BCUT2D eigenvalue weighted by atomic mass is 16.6. The number of hydrogen-bond donors (Lipinski definition) is 4.